The van der Waals surface area contributed by atoms with Gasteiger partial charge in [-0.25, -0.2) is 4.42 Å². The molecule has 0 atom stereocenters. The number of aromatic hydroxyl groups is 4. The molecule has 3 rings (SSSR count). The topological polar surface area (TPSA) is 101 Å². The van der Waals surface area contributed by atoms with Crippen molar-refractivity contribution in [3.63, 3.8) is 0 Å². The summed E-state index contributed by atoms with van der Waals surface area (Å²) < 4.78 is 10.7. The minimum absolute atomic E-state index is 0. The SMILES string of the molecule is COc1cc(O)c2cc(O)c(-c3ccc(O)c(O)c3)[o+]c2c1.[Cl-]. The van der Waals surface area contributed by atoms with Gasteiger partial charge in [0.05, 0.1) is 18.7 Å². The maximum absolute atomic E-state index is 10.1. The van der Waals surface area contributed by atoms with E-state index in [0.29, 0.717) is 22.3 Å². The third kappa shape index (κ3) is 2.89. The molecule has 0 amide bonds. The van der Waals surface area contributed by atoms with E-state index in [1.165, 1.54) is 37.4 Å². The summed E-state index contributed by atoms with van der Waals surface area (Å²) in [7, 11) is 1.46. The van der Waals surface area contributed by atoms with Crippen LogP contribution in [-0.2, 0) is 0 Å². The smallest absolute Gasteiger partial charge is 0.402 e. The summed E-state index contributed by atoms with van der Waals surface area (Å²) in [4.78, 5) is 0. The van der Waals surface area contributed by atoms with E-state index in [4.69, 9.17) is 9.15 Å². The lowest BCUT2D eigenvalue weighted by molar-refractivity contribution is -0.00000888. The van der Waals surface area contributed by atoms with Gasteiger partial charge in [0.25, 0.3) is 0 Å². The number of phenols is 3. The van der Waals surface area contributed by atoms with Crippen LogP contribution in [0.25, 0.3) is 22.3 Å². The Labute approximate surface area is 137 Å². The molecule has 0 saturated carbocycles. The molecule has 7 heteroatoms. The maximum atomic E-state index is 10.1. The summed E-state index contributed by atoms with van der Waals surface area (Å²) in [6, 6.07) is 8.36. The van der Waals surface area contributed by atoms with Crippen LogP contribution in [0.1, 0.15) is 0 Å². The predicted molar refractivity (Wildman–Crippen MR) is 79.3 cm³/mol. The highest BCUT2D eigenvalue weighted by Gasteiger charge is 2.24. The lowest BCUT2D eigenvalue weighted by Crippen LogP contribution is -3.00. The molecule has 0 unspecified atom stereocenters. The first kappa shape index (κ1) is 16.5. The van der Waals surface area contributed by atoms with Crippen LogP contribution in [0.4, 0.5) is 0 Å². The van der Waals surface area contributed by atoms with Gasteiger partial charge in [0.15, 0.2) is 11.5 Å². The van der Waals surface area contributed by atoms with Gasteiger partial charge >= 0.3 is 11.3 Å². The van der Waals surface area contributed by atoms with Crippen LogP contribution in [0.15, 0.2) is 40.8 Å². The second kappa shape index (κ2) is 6.10. The molecule has 2 aromatic carbocycles. The Kier molecular flexibility index (Phi) is 4.38. The van der Waals surface area contributed by atoms with Crippen LogP contribution in [0.2, 0.25) is 0 Å². The number of phenolic OH excluding ortho intramolecular Hbond substituents is 3. The van der Waals surface area contributed by atoms with Crippen LogP contribution in [0, 0.1) is 0 Å². The number of benzene rings is 2. The average Bonchev–Trinajstić information content (AvgIpc) is 2.50. The minimum Gasteiger partial charge on any atom is -1.00 e. The molecule has 23 heavy (non-hydrogen) atoms. The highest BCUT2D eigenvalue weighted by molar-refractivity contribution is 5.88. The number of fused-ring (bicyclic) bond motifs is 1. The van der Waals surface area contributed by atoms with E-state index in [2.05, 4.69) is 0 Å². The minimum atomic E-state index is -0.333. The number of hydrogen-bond acceptors (Lipinski definition) is 5. The molecule has 6 nitrogen and oxygen atoms in total. The van der Waals surface area contributed by atoms with E-state index in [0.717, 1.165) is 0 Å². The van der Waals surface area contributed by atoms with E-state index in [-0.39, 0.29) is 41.2 Å². The number of halogens is 1. The second-order valence-electron chi connectivity index (χ2n) is 4.72. The van der Waals surface area contributed by atoms with Gasteiger partial charge in [-0.2, -0.15) is 0 Å². The van der Waals surface area contributed by atoms with Crippen molar-refractivity contribution in [2.24, 2.45) is 0 Å². The van der Waals surface area contributed by atoms with Gasteiger partial charge in [0, 0.05) is 18.2 Å². The molecular formula is C16H13ClO6. The summed E-state index contributed by atoms with van der Waals surface area (Å²) in [5.74, 6) is -0.412. The van der Waals surface area contributed by atoms with Gasteiger partial charge < -0.3 is 37.6 Å². The second-order valence-corrected chi connectivity index (χ2v) is 4.72. The summed E-state index contributed by atoms with van der Waals surface area (Å²) in [5.41, 5.74) is 0.675. The molecule has 0 aliphatic rings. The fraction of sp³-hybridized carbons (Fsp3) is 0.0625. The molecule has 3 aromatic rings. The van der Waals surface area contributed by atoms with Crippen molar-refractivity contribution in [3.05, 3.63) is 36.4 Å². The Bertz CT molecular complexity index is 878. The molecule has 0 radical (unpaired) electrons. The van der Waals surface area contributed by atoms with Crippen LogP contribution in [0.5, 0.6) is 28.7 Å². The zero-order chi connectivity index (χ0) is 15.9. The molecule has 0 saturated heterocycles. The number of methoxy groups -OCH3 is 1. The highest BCUT2D eigenvalue weighted by Crippen LogP contribution is 2.40. The quantitative estimate of drug-likeness (QED) is 0.394. The molecule has 1 aromatic heterocycles. The Morgan fingerprint density at radius 1 is 0.826 bits per heavy atom. The fourth-order valence-corrected chi connectivity index (χ4v) is 2.17. The van der Waals surface area contributed by atoms with Gasteiger partial charge in [-0.15, -0.1) is 0 Å². The Morgan fingerprint density at radius 3 is 2.22 bits per heavy atom. The highest BCUT2D eigenvalue weighted by atomic mass is 35.5. The molecule has 120 valence electrons. The average molecular weight is 337 g/mol. The standard InChI is InChI=1S/C16H12O6.ClH/c1-21-9-5-12(18)10-7-14(20)16(22-15(10)6-9)8-2-3-11(17)13(19)4-8;/h2-7H,1H3,(H3-,17,18,19,20);1H. The molecule has 0 aliphatic heterocycles. The van der Waals surface area contributed by atoms with Crippen molar-refractivity contribution in [2.45, 2.75) is 0 Å². The van der Waals surface area contributed by atoms with Crippen molar-refractivity contribution in [1.29, 1.82) is 0 Å². The van der Waals surface area contributed by atoms with Crippen LogP contribution < -0.4 is 17.1 Å². The molecule has 4 N–H and O–H groups in total. The van der Waals surface area contributed by atoms with Gasteiger partial charge in [0.2, 0.25) is 5.75 Å². The predicted octanol–water partition coefficient (Wildman–Crippen LogP) is 0.216. The van der Waals surface area contributed by atoms with E-state index in [9.17, 15) is 20.4 Å². The zero-order valence-corrected chi connectivity index (χ0v) is 12.7. The molecule has 0 fully saturated rings. The lowest BCUT2D eigenvalue weighted by Gasteiger charge is -2.02. The van der Waals surface area contributed by atoms with Gasteiger partial charge in [-0.3, -0.25) is 0 Å². The molecule has 0 bridgehead atoms. The summed E-state index contributed by atoms with van der Waals surface area (Å²) in [6.45, 7) is 0. The largest absolute Gasteiger partial charge is 1.00 e. The van der Waals surface area contributed by atoms with Gasteiger partial charge in [-0.05, 0) is 12.1 Å². The molecular weight excluding hydrogens is 324 g/mol. The third-order valence-corrected chi connectivity index (χ3v) is 3.29. The lowest BCUT2D eigenvalue weighted by atomic mass is 10.1. The van der Waals surface area contributed by atoms with Crippen LogP contribution >= 0.6 is 0 Å². The van der Waals surface area contributed by atoms with Crippen LogP contribution in [0.3, 0.4) is 0 Å². The first-order valence-electron chi connectivity index (χ1n) is 6.39. The Balaban J connectivity index is 0.00000192. The van der Waals surface area contributed by atoms with E-state index >= 15 is 0 Å². The van der Waals surface area contributed by atoms with E-state index in [1.54, 1.807) is 6.07 Å². The normalized spacial score (nSPS) is 10.3. The summed E-state index contributed by atoms with van der Waals surface area (Å²) >= 11 is 0. The molecule has 0 spiro atoms. The van der Waals surface area contributed by atoms with Crippen molar-refractivity contribution in [3.8, 4) is 40.1 Å². The Morgan fingerprint density at radius 2 is 1.57 bits per heavy atom. The summed E-state index contributed by atoms with van der Waals surface area (Å²) in [6.07, 6.45) is 0. The van der Waals surface area contributed by atoms with E-state index < -0.39 is 0 Å². The van der Waals surface area contributed by atoms with Crippen molar-refractivity contribution in [1.82, 2.24) is 0 Å². The van der Waals surface area contributed by atoms with E-state index in [1.807, 2.05) is 0 Å². The number of ether oxygens (including phenoxy) is 1. The fourth-order valence-electron chi connectivity index (χ4n) is 2.17. The molecule has 1 heterocycles. The Hall–Kier alpha value is -2.86. The monoisotopic (exact) mass is 336 g/mol. The zero-order valence-electron chi connectivity index (χ0n) is 11.9. The number of rotatable bonds is 2. The van der Waals surface area contributed by atoms with Crippen molar-refractivity contribution < 1.29 is 42.0 Å². The summed E-state index contributed by atoms with van der Waals surface area (Å²) in [5, 5.41) is 39.2. The van der Waals surface area contributed by atoms with Crippen molar-refractivity contribution >= 4 is 11.0 Å². The first-order valence-corrected chi connectivity index (χ1v) is 6.39. The number of hydrogen-bond donors (Lipinski definition) is 4. The third-order valence-electron chi connectivity index (χ3n) is 3.29. The van der Waals surface area contributed by atoms with Gasteiger partial charge in [0.1, 0.15) is 16.9 Å². The van der Waals surface area contributed by atoms with Crippen molar-refractivity contribution in [2.75, 3.05) is 7.11 Å². The van der Waals surface area contributed by atoms with Crippen LogP contribution in [-0.4, -0.2) is 27.5 Å². The first-order chi connectivity index (χ1) is 10.5. The maximum Gasteiger partial charge on any atom is 0.402 e. The molecule has 0 aliphatic carbocycles. The van der Waals surface area contributed by atoms with Gasteiger partial charge in [-0.1, -0.05) is 0 Å².